The Morgan fingerprint density at radius 2 is 1.83 bits per heavy atom. The molecule has 9 heteroatoms. The first-order valence-electron chi connectivity index (χ1n) is 9.35. The van der Waals surface area contributed by atoms with E-state index in [0.717, 1.165) is 0 Å². The number of esters is 1. The van der Waals surface area contributed by atoms with Gasteiger partial charge in [0.1, 0.15) is 5.75 Å². The van der Waals surface area contributed by atoms with Crippen molar-refractivity contribution in [1.82, 2.24) is 9.29 Å². The van der Waals surface area contributed by atoms with Gasteiger partial charge in [-0.15, -0.1) is 0 Å². The van der Waals surface area contributed by atoms with E-state index in [0.29, 0.717) is 44.7 Å². The van der Waals surface area contributed by atoms with Crippen LogP contribution in [0.5, 0.6) is 11.6 Å². The second-order valence-electron chi connectivity index (χ2n) is 6.97. The van der Waals surface area contributed by atoms with Gasteiger partial charge in [0, 0.05) is 25.4 Å². The summed E-state index contributed by atoms with van der Waals surface area (Å²) in [6.45, 7) is 6.00. The van der Waals surface area contributed by atoms with Crippen molar-refractivity contribution in [1.29, 1.82) is 0 Å². The normalized spacial score (nSPS) is 15.3. The minimum Gasteiger partial charge on any atom is -0.477 e. The highest BCUT2D eigenvalue weighted by atomic mass is 32.2. The number of pyridine rings is 1. The number of hydrogen-bond acceptors (Lipinski definition) is 7. The number of hydrogen-bond donors (Lipinski definition) is 0. The minimum atomic E-state index is -3.59. The highest BCUT2D eigenvalue weighted by molar-refractivity contribution is 7.89. The van der Waals surface area contributed by atoms with Crippen LogP contribution in [0.4, 0.5) is 0 Å². The molecule has 2 heterocycles. The van der Waals surface area contributed by atoms with E-state index < -0.39 is 16.0 Å². The average Bonchev–Trinajstić information content (AvgIpc) is 2.73. The first-order valence-corrected chi connectivity index (χ1v) is 10.8. The van der Waals surface area contributed by atoms with Crippen molar-refractivity contribution in [2.24, 2.45) is 5.92 Å². The van der Waals surface area contributed by atoms with Crippen LogP contribution in [0, 0.1) is 5.92 Å². The van der Waals surface area contributed by atoms with E-state index in [-0.39, 0.29) is 16.2 Å². The lowest BCUT2D eigenvalue weighted by Crippen LogP contribution is -2.40. The first kappa shape index (κ1) is 21.2. The molecule has 0 amide bonds. The molecule has 0 atom stereocenters. The van der Waals surface area contributed by atoms with E-state index in [1.54, 1.807) is 12.1 Å². The van der Waals surface area contributed by atoms with Crippen molar-refractivity contribution < 1.29 is 27.4 Å². The van der Waals surface area contributed by atoms with Gasteiger partial charge in [-0.05, 0) is 36.2 Å². The summed E-state index contributed by atoms with van der Waals surface area (Å²) in [4.78, 5) is 16.5. The molecule has 29 heavy (non-hydrogen) atoms. The Bertz CT molecular complexity index is 920. The molecule has 0 saturated carbocycles. The van der Waals surface area contributed by atoms with Crippen molar-refractivity contribution in [2.75, 3.05) is 32.9 Å². The van der Waals surface area contributed by atoms with Gasteiger partial charge in [0.05, 0.1) is 30.3 Å². The molecule has 0 radical (unpaired) electrons. The molecule has 1 aromatic heterocycles. The Labute approximate surface area is 170 Å². The number of morpholine rings is 1. The van der Waals surface area contributed by atoms with Crippen LogP contribution in [0.25, 0.3) is 0 Å². The lowest BCUT2D eigenvalue weighted by atomic mass is 10.2. The largest absolute Gasteiger partial charge is 0.477 e. The van der Waals surface area contributed by atoms with Gasteiger partial charge in [-0.2, -0.15) is 4.31 Å². The minimum absolute atomic E-state index is 0.146. The van der Waals surface area contributed by atoms with Crippen molar-refractivity contribution >= 4 is 16.0 Å². The Hall–Kier alpha value is -2.49. The average molecular weight is 420 g/mol. The third-order valence-corrected chi connectivity index (χ3v) is 6.09. The molecule has 0 N–H and O–H groups in total. The van der Waals surface area contributed by atoms with Gasteiger partial charge in [-0.1, -0.05) is 13.8 Å². The molecule has 8 nitrogen and oxygen atoms in total. The standard InChI is InChI=1S/C20H24N2O6S/c1-15(2)14-27-19-8-3-16(13-21-19)20(23)28-17-4-6-18(7-5-17)29(24,25)22-9-11-26-12-10-22/h3-8,13,15H,9-12,14H2,1-2H3. The van der Waals surface area contributed by atoms with Crippen LogP contribution in [0.3, 0.4) is 0 Å². The molecule has 1 aliphatic rings. The summed E-state index contributed by atoms with van der Waals surface area (Å²) < 4.78 is 42.6. The Morgan fingerprint density at radius 3 is 2.41 bits per heavy atom. The van der Waals surface area contributed by atoms with Gasteiger partial charge in [0.15, 0.2) is 0 Å². The molecule has 0 unspecified atom stereocenters. The molecule has 1 saturated heterocycles. The van der Waals surface area contributed by atoms with E-state index in [1.807, 2.05) is 13.8 Å². The van der Waals surface area contributed by atoms with Crippen molar-refractivity contribution in [3.8, 4) is 11.6 Å². The predicted molar refractivity (Wildman–Crippen MR) is 106 cm³/mol. The van der Waals surface area contributed by atoms with Gasteiger partial charge < -0.3 is 14.2 Å². The number of rotatable bonds is 7. The quantitative estimate of drug-likeness (QED) is 0.501. The topological polar surface area (TPSA) is 95.0 Å². The molecule has 1 fully saturated rings. The Morgan fingerprint density at radius 1 is 1.14 bits per heavy atom. The number of aromatic nitrogens is 1. The summed E-state index contributed by atoms with van der Waals surface area (Å²) in [6.07, 6.45) is 1.38. The van der Waals surface area contributed by atoms with Crippen LogP contribution in [0.2, 0.25) is 0 Å². The molecule has 156 valence electrons. The summed E-state index contributed by atoms with van der Waals surface area (Å²) in [6, 6.07) is 8.94. The number of benzene rings is 1. The summed E-state index contributed by atoms with van der Waals surface area (Å²) in [5.74, 6) is 0.470. The van der Waals surface area contributed by atoms with E-state index >= 15 is 0 Å². The van der Waals surface area contributed by atoms with Gasteiger partial charge in [-0.25, -0.2) is 18.2 Å². The van der Waals surface area contributed by atoms with Crippen LogP contribution < -0.4 is 9.47 Å². The van der Waals surface area contributed by atoms with E-state index in [2.05, 4.69) is 4.98 Å². The third kappa shape index (κ3) is 5.53. The summed E-state index contributed by atoms with van der Waals surface area (Å²) in [7, 11) is -3.59. The predicted octanol–water partition coefficient (Wildman–Crippen LogP) is 2.36. The first-order chi connectivity index (χ1) is 13.9. The maximum absolute atomic E-state index is 12.6. The second kappa shape index (κ2) is 9.34. The number of nitrogens with zero attached hydrogens (tertiary/aromatic N) is 2. The Balaban J connectivity index is 1.62. The van der Waals surface area contributed by atoms with Crippen LogP contribution >= 0.6 is 0 Å². The molecule has 0 spiro atoms. The zero-order chi connectivity index (χ0) is 20.9. The fourth-order valence-electron chi connectivity index (χ4n) is 2.62. The molecule has 0 bridgehead atoms. The molecular weight excluding hydrogens is 396 g/mol. The molecule has 2 aromatic rings. The summed E-state index contributed by atoms with van der Waals surface area (Å²) in [5.41, 5.74) is 0.270. The molecule has 0 aliphatic carbocycles. The molecule has 3 rings (SSSR count). The highest BCUT2D eigenvalue weighted by Gasteiger charge is 2.26. The van der Waals surface area contributed by atoms with Crippen molar-refractivity contribution in [3.63, 3.8) is 0 Å². The molecule has 1 aliphatic heterocycles. The summed E-state index contributed by atoms with van der Waals surface area (Å²) >= 11 is 0. The highest BCUT2D eigenvalue weighted by Crippen LogP contribution is 2.21. The fourth-order valence-corrected chi connectivity index (χ4v) is 4.03. The van der Waals surface area contributed by atoms with E-state index in [4.69, 9.17) is 14.2 Å². The number of ether oxygens (including phenoxy) is 3. The van der Waals surface area contributed by atoms with E-state index in [9.17, 15) is 13.2 Å². The molecular formula is C20H24N2O6S. The van der Waals surface area contributed by atoms with Gasteiger partial charge in [0.2, 0.25) is 15.9 Å². The number of sulfonamides is 1. The monoisotopic (exact) mass is 420 g/mol. The second-order valence-corrected chi connectivity index (χ2v) is 8.91. The maximum atomic E-state index is 12.6. The van der Waals surface area contributed by atoms with Crippen LogP contribution in [-0.2, 0) is 14.8 Å². The maximum Gasteiger partial charge on any atom is 0.345 e. The van der Waals surface area contributed by atoms with Crippen LogP contribution in [0.1, 0.15) is 24.2 Å². The Kier molecular flexibility index (Phi) is 6.83. The van der Waals surface area contributed by atoms with Gasteiger partial charge >= 0.3 is 5.97 Å². The smallest absolute Gasteiger partial charge is 0.345 e. The lowest BCUT2D eigenvalue weighted by molar-refractivity contribution is 0.0728. The lowest BCUT2D eigenvalue weighted by Gasteiger charge is -2.26. The number of carbonyl (C=O) groups is 1. The van der Waals surface area contributed by atoms with Crippen molar-refractivity contribution in [3.05, 3.63) is 48.2 Å². The van der Waals surface area contributed by atoms with Crippen LogP contribution in [0.15, 0.2) is 47.5 Å². The third-order valence-electron chi connectivity index (χ3n) is 4.18. The zero-order valence-electron chi connectivity index (χ0n) is 16.4. The van der Waals surface area contributed by atoms with Gasteiger partial charge in [0.25, 0.3) is 0 Å². The zero-order valence-corrected chi connectivity index (χ0v) is 17.2. The summed E-state index contributed by atoms with van der Waals surface area (Å²) in [5, 5.41) is 0. The fraction of sp³-hybridized carbons (Fsp3) is 0.400. The van der Waals surface area contributed by atoms with E-state index in [1.165, 1.54) is 34.8 Å². The SMILES string of the molecule is CC(C)COc1ccc(C(=O)Oc2ccc(S(=O)(=O)N3CCOCC3)cc2)cn1. The molecule has 1 aromatic carbocycles. The van der Waals surface area contributed by atoms with Crippen LogP contribution in [-0.4, -0.2) is 56.6 Å². The van der Waals surface area contributed by atoms with Crippen molar-refractivity contribution in [2.45, 2.75) is 18.7 Å². The van der Waals surface area contributed by atoms with Gasteiger partial charge in [-0.3, -0.25) is 0 Å². The number of carbonyl (C=O) groups excluding carboxylic acids is 1.